The predicted octanol–water partition coefficient (Wildman–Crippen LogP) is 6.89. The monoisotopic (exact) mass is 326 g/mol. The fourth-order valence-electron chi connectivity index (χ4n) is 3.15. The molecule has 2 nitrogen and oxygen atoms in total. The van der Waals surface area contributed by atoms with E-state index >= 15 is 0 Å². The van der Waals surface area contributed by atoms with E-state index in [1.807, 2.05) is 0 Å². The highest BCUT2D eigenvalue weighted by atomic mass is 16.7. The standard InChI is InChI=1S/C21H42O2/c1-6-8-10-12-14-16-18-20(3)21(22-4,23-5)19-17-15-13-11-9-7-2/h17,19-20H,6-16,18H2,1-5H3. The number of ether oxygens (including phenoxy) is 2. The minimum absolute atomic E-state index is 0.385. The van der Waals surface area contributed by atoms with E-state index in [4.69, 9.17) is 9.47 Å². The molecule has 138 valence electrons. The average molecular weight is 327 g/mol. The second-order valence-electron chi connectivity index (χ2n) is 6.84. The summed E-state index contributed by atoms with van der Waals surface area (Å²) in [4.78, 5) is 0. The minimum Gasteiger partial charge on any atom is -0.349 e. The Morgan fingerprint density at radius 2 is 1.30 bits per heavy atom. The lowest BCUT2D eigenvalue weighted by atomic mass is 9.92. The number of methoxy groups -OCH3 is 2. The lowest BCUT2D eigenvalue weighted by Crippen LogP contribution is -2.38. The number of allylic oxidation sites excluding steroid dienone is 1. The third-order valence-electron chi connectivity index (χ3n) is 4.89. The fourth-order valence-corrected chi connectivity index (χ4v) is 3.15. The molecule has 0 aromatic carbocycles. The van der Waals surface area contributed by atoms with Gasteiger partial charge in [0.1, 0.15) is 0 Å². The average Bonchev–Trinajstić information content (AvgIpc) is 2.57. The van der Waals surface area contributed by atoms with Crippen LogP contribution in [0.2, 0.25) is 0 Å². The normalized spacial score (nSPS) is 13.8. The number of unbranched alkanes of at least 4 members (excludes halogenated alkanes) is 9. The molecular weight excluding hydrogens is 284 g/mol. The van der Waals surface area contributed by atoms with Gasteiger partial charge < -0.3 is 9.47 Å². The Morgan fingerprint density at radius 1 is 0.783 bits per heavy atom. The minimum atomic E-state index is -0.547. The summed E-state index contributed by atoms with van der Waals surface area (Å²) in [5, 5.41) is 0. The first-order chi connectivity index (χ1) is 11.2. The van der Waals surface area contributed by atoms with Gasteiger partial charge in [-0.15, -0.1) is 0 Å². The highest BCUT2D eigenvalue weighted by molar-refractivity contribution is 4.99. The molecule has 0 saturated heterocycles. The molecule has 0 aliphatic rings. The van der Waals surface area contributed by atoms with Crippen molar-refractivity contribution in [2.75, 3.05) is 14.2 Å². The third-order valence-corrected chi connectivity index (χ3v) is 4.89. The lowest BCUT2D eigenvalue weighted by Gasteiger charge is -2.34. The number of hydrogen-bond donors (Lipinski definition) is 0. The van der Waals surface area contributed by atoms with Crippen LogP contribution >= 0.6 is 0 Å². The lowest BCUT2D eigenvalue weighted by molar-refractivity contribution is -0.202. The Labute approximate surface area is 146 Å². The van der Waals surface area contributed by atoms with Crippen molar-refractivity contribution in [2.24, 2.45) is 5.92 Å². The van der Waals surface area contributed by atoms with Crippen molar-refractivity contribution in [3.05, 3.63) is 12.2 Å². The molecule has 0 heterocycles. The van der Waals surface area contributed by atoms with Crippen LogP contribution in [0.1, 0.15) is 97.8 Å². The zero-order valence-corrected chi connectivity index (χ0v) is 16.5. The van der Waals surface area contributed by atoms with E-state index in [1.54, 1.807) is 14.2 Å². The Morgan fingerprint density at radius 3 is 1.87 bits per heavy atom. The second kappa shape index (κ2) is 15.2. The topological polar surface area (TPSA) is 18.5 Å². The Hall–Kier alpha value is -0.340. The van der Waals surface area contributed by atoms with Gasteiger partial charge in [0.2, 0.25) is 0 Å². The van der Waals surface area contributed by atoms with Crippen molar-refractivity contribution in [1.29, 1.82) is 0 Å². The van der Waals surface area contributed by atoms with Crippen molar-refractivity contribution in [2.45, 2.75) is 104 Å². The second-order valence-corrected chi connectivity index (χ2v) is 6.84. The summed E-state index contributed by atoms with van der Waals surface area (Å²) < 4.78 is 11.5. The molecule has 0 aromatic heterocycles. The summed E-state index contributed by atoms with van der Waals surface area (Å²) in [7, 11) is 3.53. The smallest absolute Gasteiger partial charge is 0.189 e. The van der Waals surface area contributed by atoms with Crippen LogP contribution in [0.4, 0.5) is 0 Å². The summed E-state index contributed by atoms with van der Waals surface area (Å²) in [5.74, 6) is -0.163. The van der Waals surface area contributed by atoms with E-state index in [9.17, 15) is 0 Å². The van der Waals surface area contributed by atoms with Gasteiger partial charge in [-0.05, 0) is 25.3 Å². The van der Waals surface area contributed by atoms with Crippen LogP contribution in [0.15, 0.2) is 12.2 Å². The first kappa shape index (κ1) is 22.7. The molecule has 0 aliphatic carbocycles. The molecule has 0 amide bonds. The quantitative estimate of drug-likeness (QED) is 0.175. The first-order valence-electron chi connectivity index (χ1n) is 9.94. The molecule has 0 bridgehead atoms. The van der Waals surface area contributed by atoms with Gasteiger partial charge in [-0.25, -0.2) is 0 Å². The fraction of sp³-hybridized carbons (Fsp3) is 0.905. The molecule has 23 heavy (non-hydrogen) atoms. The van der Waals surface area contributed by atoms with Gasteiger partial charge in [0.15, 0.2) is 5.79 Å². The molecule has 0 radical (unpaired) electrons. The number of rotatable bonds is 16. The van der Waals surface area contributed by atoms with Gasteiger partial charge >= 0.3 is 0 Å². The van der Waals surface area contributed by atoms with E-state index in [0.717, 1.165) is 12.8 Å². The maximum absolute atomic E-state index is 5.76. The largest absolute Gasteiger partial charge is 0.349 e. The molecule has 0 aromatic rings. The van der Waals surface area contributed by atoms with Crippen molar-refractivity contribution < 1.29 is 9.47 Å². The van der Waals surface area contributed by atoms with Gasteiger partial charge in [-0.1, -0.05) is 84.6 Å². The molecule has 0 saturated carbocycles. The van der Waals surface area contributed by atoms with Gasteiger partial charge in [-0.2, -0.15) is 0 Å². The van der Waals surface area contributed by atoms with Gasteiger partial charge in [0, 0.05) is 20.1 Å². The van der Waals surface area contributed by atoms with Gasteiger partial charge in [0.25, 0.3) is 0 Å². The summed E-state index contributed by atoms with van der Waals surface area (Å²) >= 11 is 0. The predicted molar refractivity (Wildman–Crippen MR) is 102 cm³/mol. The van der Waals surface area contributed by atoms with E-state index in [-0.39, 0.29) is 0 Å². The molecular formula is C21H42O2. The highest BCUT2D eigenvalue weighted by Gasteiger charge is 2.33. The van der Waals surface area contributed by atoms with Crippen molar-refractivity contribution in [3.63, 3.8) is 0 Å². The van der Waals surface area contributed by atoms with Crippen molar-refractivity contribution in [1.82, 2.24) is 0 Å². The van der Waals surface area contributed by atoms with Crippen LogP contribution in [-0.2, 0) is 9.47 Å². The van der Waals surface area contributed by atoms with Gasteiger partial charge in [0.05, 0.1) is 0 Å². The van der Waals surface area contributed by atoms with Crippen LogP contribution < -0.4 is 0 Å². The summed E-state index contributed by atoms with van der Waals surface area (Å²) in [6.07, 6.45) is 19.9. The maximum atomic E-state index is 5.76. The van der Waals surface area contributed by atoms with E-state index in [1.165, 1.54) is 64.2 Å². The molecule has 0 rings (SSSR count). The van der Waals surface area contributed by atoms with Crippen LogP contribution in [0.25, 0.3) is 0 Å². The first-order valence-corrected chi connectivity index (χ1v) is 9.94. The molecule has 0 aliphatic heterocycles. The van der Waals surface area contributed by atoms with E-state index < -0.39 is 5.79 Å². The molecule has 0 fully saturated rings. The van der Waals surface area contributed by atoms with Gasteiger partial charge in [-0.3, -0.25) is 0 Å². The summed E-state index contributed by atoms with van der Waals surface area (Å²) in [5.41, 5.74) is 0. The third kappa shape index (κ3) is 10.2. The molecule has 0 N–H and O–H groups in total. The Bertz CT molecular complexity index is 269. The molecule has 2 heteroatoms. The Kier molecular flexibility index (Phi) is 15.0. The van der Waals surface area contributed by atoms with Crippen molar-refractivity contribution in [3.8, 4) is 0 Å². The SMILES string of the molecule is CCCCCCC=CC(OC)(OC)C(C)CCCCCCCC. The zero-order chi connectivity index (χ0) is 17.4. The molecule has 1 atom stereocenters. The molecule has 1 unspecified atom stereocenters. The molecule has 0 spiro atoms. The van der Waals surface area contributed by atoms with E-state index in [0.29, 0.717) is 5.92 Å². The summed E-state index contributed by atoms with van der Waals surface area (Å²) in [6.45, 7) is 6.77. The van der Waals surface area contributed by atoms with Crippen LogP contribution in [0.3, 0.4) is 0 Å². The number of hydrogen-bond acceptors (Lipinski definition) is 2. The maximum Gasteiger partial charge on any atom is 0.189 e. The Balaban J connectivity index is 4.19. The highest BCUT2D eigenvalue weighted by Crippen LogP contribution is 2.29. The van der Waals surface area contributed by atoms with E-state index in [2.05, 4.69) is 32.9 Å². The van der Waals surface area contributed by atoms with Crippen LogP contribution in [0.5, 0.6) is 0 Å². The van der Waals surface area contributed by atoms with Crippen LogP contribution in [0, 0.1) is 5.92 Å². The summed E-state index contributed by atoms with van der Waals surface area (Å²) in [6, 6.07) is 0. The van der Waals surface area contributed by atoms with Crippen molar-refractivity contribution >= 4 is 0 Å². The van der Waals surface area contributed by atoms with Crippen LogP contribution in [-0.4, -0.2) is 20.0 Å². The zero-order valence-electron chi connectivity index (χ0n) is 16.5.